The number of rotatable bonds is 2. The lowest BCUT2D eigenvalue weighted by Gasteiger charge is -2.48. The molecule has 2 saturated heterocycles. The normalized spacial score (nSPS) is 24.8. The zero-order valence-corrected chi connectivity index (χ0v) is 15.3. The van der Waals surface area contributed by atoms with Crippen LogP contribution in [0.5, 0.6) is 5.75 Å². The van der Waals surface area contributed by atoms with Gasteiger partial charge in [0.25, 0.3) is 5.91 Å². The fourth-order valence-electron chi connectivity index (χ4n) is 4.49. The van der Waals surface area contributed by atoms with Gasteiger partial charge in [0.2, 0.25) is 0 Å². The molecule has 3 heterocycles. The van der Waals surface area contributed by atoms with E-state index < -0.39 is 0 Å². The van der Waals surface area contributed by atoms with Crippen molar-refractivity contribution in [3.63, 3.8) is 0 Å². The second-order valence-electron chi connectivity index (χ2n) is 7.53. The number of morpholine rings is 1. The predicted molar refractivity (Wildman–Crippen MR) is 102 cm³/mol. The first-order chi connectivity index (χ1) is 13.3. The molecule has 0 spiro atoms. The Morgan fingerprint density at radius 3 is 2.81 bits per heavy atom. The van der Waals surface area contributed by atoms with E-state index in [9.17, 15) is 4.79 Å². The smallest absolute Gasteiger partial charge is 0.253 e. The Morgan fingerprint density at radius 1 is 1.04 bits per heavy atom. The maximum Gasteiger partial charge on any atom is 0.253 e. The van der Waals surface area contributed by atoms with Crippen molar-refractivity contribution >= 4 is 5.91 Å². The van der Waals surface area contributed by atoms with E-state index in [0.29, 0.717) is 13.2 Å². The van der Waals surface area contributed by atoms with Crippen molar-refractivity contribution in [2.24, 2.45) is 0 Å². The van der Waals surface area contributed by atoms with E-state index in [1.807, 2.05) is 29.2 Å². The Bertz CT molecular complexity index is 839. The van der Waals surface area contributed by atoms with Crippen LogP contribution in [0.2, 0.25) is 0 Å². The van der Waals surface area contributed by atoms with E-state index in [1.165, 1.54) is 5.56 Å². The largest absolute Gasteiger partial charge is 0.493 e. The summed E-state index contributed by atoms with van der Waals surface area (Å²) in [5.74, 6) is 1.04. The summed E-state index contributed by atoms with van der Waals surface area (Å²) in [4.78, 5) is 17.5. The molecular weight excluding hydrogens is 340 g/mol. The summed E-state index contributed by atoms with van der Waals surface area (Å²) in [6.07, 6.45) is 0.888. The van der Waals surface area contributed by atoms with Crippen LogP contribution in [-0.2, 0) is 11.2 Å². The third kappa shape index (κ3) is 3.11. The minimum absolute atomic E-state index is 0.117. The molecule has 5 rings (SSSR count). The number of hydrogen-bond acceptors (Lipinski definition) is 4. The standard InChI is InChI=1S/C22H24N2O3/c25-22(18-6-7-21-17(12-18)8-11-27-21)23-9-10-24-19(13-23)14-26-15-20(24)16-4-2-1-3-5-16/h1-7,12,19-20H,8-11,13-15H2/t19-,20-/m1/s1. The first kappa shape index (κ1) is 16.8. The fourth-order valence-corrected chi connectivity index (χ4v) is 4.49. The van der Waals surface area contributed by atoms with E-state index in [0.717, 1.165) is 49.5 Å². The van der Waals surface area contributed by atoms with Gasteiger partial charge in [-0.2, -0.15) is 0 Å². The van der Waals surface area contributed by atoms with Crippen molar-refractivity contribution in [1.29, 1.82) is 0 Å². The van der Waals surface area contributed by atoms with Gasteiger partial charge in [-0.3, -0.25) is 9.69 Å². The number of ether oxygens (including phenoxy) is 2. The average molecular weight is 364 g/mol. The van der Waals surface area contributed by atoms with Gasteiger partial charge in [0.15, 0.2) is 0 Å². The van der Waals surface area contributed by atoms with Crippen molar-refractivity contribution in [1.82, 2.24) is 9.80 Å². The molecule has 140 valence electrons. The average Bonchev–Trinajstić information content (AvgIpc) is 3.21. The van der Waals surface area contributed by atoms with Gasteiger partial charge < -0.3 is 14.4 Å². The van der Waals surface area contributed by atoms with Crippen LogP contribution in [0.15, 0.2) is 48.5 Å². The molecule has 5 nitrogen and oxygen atoms in total. The quantitative estimate of drug-likeness (QED) is 0.821. The van der Waals surface area contributed by atoms with Gasteiger partial charge in [0, 0.05) is 31.6 Å². The van der Waals surface area contributed by atoms with E-state index in [2.05, 4.69) is 29.2 Å². The maximum atomic E-state index is 13.1. The highest BCUT2D eigenvalue weighted by molar-refractivity contribution is 5.94. The number of benzene rings is 2. The van der Waals surface area contributed by atoms with Crippen LogP contribution in [0.25, 0.3) is 0 Å². The fraction of sp³-hybridized carbons (Fsp3) is 0.409. The molecule has 0 radical (unpaired) electrons. The molecule has 2 fully saturated rings. The topological polar surface area (TPSA) is 42.0 Å². The molecule has 0 aromatic heterocycles. The van der Waals surface area contributed by atoms with Gasteiger partial charge in [-0.15, -0.1) is 0 Å². The van der Waals surface area contributed by atoms with Crippen LogP contribution < -0.4 is 4.74 Å². The van der Waals surface area contributed by atoms with Crippen LogP contribution in [-0.4, -0.2) is 61.2 Å². The lowest BCUT2D eigenvalue weighted by atomic mass is 9.99. The predicted octanol–water partition coefficient (Wildman–Crippen LogP) is 2.52. The van der Waals surface area contributed by atoms with Gasteiger partial charge in [0.05, 0.1) is 31.9 Å². The molecule has 2 aromatic rings. The zero-order chi connectivity index (χ0) is 18.2. The molecule has 0 bridgehead atoms. The molecular formula is C22H24N2O3. The summed E-state index contributed by atoms with van der Waals surface area (Å²) in [5.41, 5.74) is 3.20. The summed E-state index contributed by atoms with van der Waals surface area (Å²) >= 11 is 0. The lowest BCUT2D eigenvalue weighted by molar-refractivity contribution is -0.0770. The number of carbonyl (C=O) groups is 1. The second kappa shape index (κ2) is 6.98. The third-order valence-corrected chi connectivity index (χ3v) is 5.92. The van der Waals surface area contributed by atoms with Crippen molar-refractivity contribution in [3.8, 4) is 5.75 Å². The minimum Gasteiger partial charge on any atom is -0.493 e. The molecule has 0 aliphatic carbocycles. The van der Waals surface area contributed by atoms with Crippen molar-refractivity contribution in [2.45, 2.75) is 18.5 Å². The third-order valence-electron chi connectivity index (χ3n) is 5.92. The molecule has 0 unspecified atom stereocenters. The van der Waals surface area contributed by atoms with Crippen molar-refractivity contribution in [3.05, 3.63) is 65.2 Å². The molecule has 2 aromatic carbocycles. The van der Waals surface area contributed by atoms with E-state index in [4.69, 9.17) is 9.47 Å². The van der Waals surface area contributed by atoms with Gasteiger partial charge in [-0.25, -0.2) is 0 Å². The highest BCUT2D eigenvalue weighted by atomic mass is 16.5. The molecule has 0 N–H and O–H groups in total. The Hall–Kier alpha value is -2.37. The summed E-state index contributed by atoms with van der Waals surface area (Å²) in [6, 6.07) is 16.9. The van der Waals surface area contributed by atoms with Crippen LogP contribution in [0.3, 0.4) is 0 Å². The summed E-state index contributed by atoms with van der Waals surface area (Å²) in [6.45, 7) is 4.48. The molecule has 2 atom stereocenters. The first-order valence-electron chi connectivity index (χ1n) is 9.73. The molecule has 5 heteroatoms. The van der Waals surface area contributed by atoms with Crippen molar-refractivity contribution in [2.75, 3.05) is 39.5 Å². The SMILES string of the molecule is O=C(c1ccc2c(c1)CCO2)N1CCN2[C@@H](COC[C@@H]2c2ccccc2)C1. The Labute approximate surface area is 159 Å². The highest BCUT2D eigenvalue weighted by Crippen LogP contribution is 2.31. The summed E-state index contributed by atoms with van der Waals surface area (Å²) in [5, 5.41) is 0. The number of hydrogen-bond donors (Lipinski definition) is 0. The van der Waals surface area contributed by atoms with Gasteiger partial charge in [-0.1, -0.05) is 30.3 Å². The Kier molecular flexibility index (Phi) is 4.34. The van der Waals surface area contributed by atoms with Crippen LogP contribution in [0, 0.1) is 0 Å². The van der Waals surface area contributed by atoms with Crippen LogP contribution >= 0.6 is 0 Å². The monoisotopic (exact) mass is 364 g/mol. The number of carbonyl (C=O) groups excluding carboxylic acids is 1. The number of amides is 1. The highest BCUT2D eigenvalue weighted by Gasteiger charge is 2.37. The Morgan fingerprint density at radius 2 is 1.93 bits per heavy atom. The van der Waals surface area contributed by atoms with Gasteiger partial charge in [-0.05, 0) is 29.3 Å². The second-order valence-corrected chi connectivity index (χ2v) is 7.53. The number of fused-ring (bicyclic) bond motifs is 2. The van der Waals surface area contributed by atoms with Gasteiger partial charge in [0.1, 0.15) is 5.75 Å². The maximum absolute atomic E-state index is 13.1. The summed E-state index contributed by atoms with van der Waals surface area (Å²) < 4.78 is 11.5. The number of nitrogens with zero attached hydrogens (tertiary/aromatic N) is 2. The zero-order valence-electron chi connectivity index (χ0n) is 15.3. The van der Waals surface area contributed by atoms with Gasteiger partial charge >= 0.3 is 0 Å². The van der Waals surface area contributed by atoms with Crippen molar-refractivity contribution < 1.29 is 14.3 Å². The number of piperazine rings is 1. The van der Waals surface area contributed by atoms with Crippen LogP contribution in [0.4, 0.5) is 0 Å². The molecule has 1 amide bonds. The Balaban J connectivity index is 1.31. The van der Waals surface area contributed by atoms with E-state index >= 15 is 0 Å². The molecule has 3 aliphatic rings. The lowest BCUT2D eigenvalue weighted by Crippen LogP contribution is -2.60. The molecule has 27 heavy (non-hydrogen) atoms. The summed E-state index contributed by atoms with van der Waals surface area (Å²) in [7, 11) is 0. The van der Waals surface area contributed by atoms with E-state index in [-0.39, 0.29) is 18.0 Å². The minimum atomic E-state index is 0.117. The molecule has 0 saturated carbocycles. The molecule has 3 aliphatic heterocycles. The van der Waals surface area contributed by atoms with E-state index in [1.54, 1.807) is 0 Å². The van der Waals surface area contributed by atoms with Crippen LogP contribution in [0.1, 0.15) is 27.5 Å². The first-order valence-corrected chi connectivity index (χ1v) is 9.73.